The molecular formula is C13H21NO2S. The van der Waals surface area contributed by atoms with Crippen molar-refractivity contribution in [1.82, 2.24) is 4.90 Å². The lowest BCUT2D eigenvalue weighted by atomic mass is 10.00. The summed E-state index contributed by atoms with van der Waals surface area (Å²) in [5.41, 5.74) is 0. The van der Waals surface area contributed by atoms with E-state index in [1.54, 1.807) is 0 Å². The average molecular weight is 255 g/mol. The summed E-state index contributed by atoms with van der Waals surface area (Å²) in [5.74, 6) is 1.70. The highest BCUT2D eigenvalue weighted by atomic mass is 32.1. The number of carbonyl (C=O) groups excluding carboxylic acids is 2. The number of fused-ring (bicyclic) bond motifs is 1. The van der Waals surface area contributed by atoms with Crippen LogP contribution >= 0.6 is 12.6 Å². The van der Waals surface area contributed by atoms with E-state index >= 15 is 0 Å². The largest absolute Gasteiger partial charge is 0.282 e. The van der Waals surface area contributed by atoms with Crippen molar-refractivity contribution in [3.05, 3.63) is 0 Å². The van der Waals surface area contributed by atoms with Crippen molar-refractivity contribution in [1.29, 1.82) is 0 Å². The molecule has 2 amide bonds. The summed E-state index contributed by atoms with van der Waals surface area (Å²) in [6.45, 7) is 4.78. The van der Waals surface area contributed by atoms with E-state index in [9.17, 15) is 9.59 Å². The smallest absolute Gasteiger partial charge is 0.233 e. The van der Waals surface area contributed by atoms with Gasteiger partial charge in [-0.15, -0.1) is 0 Å². The molecule has 1 heterocycles. The first kappa shape index (κ1) is 12.9. The molecule has 0 aromatic carbocycles. The van der Waals surface area contributed by atoms with Crippen molar-refractivity contribution in [3.63, 3.8) is 0 Å². The summed E-state index contributed by atoms with van der Waals surface area (Å²) < 4.78 is 0. The van der Waals surface area contributed by atoms with Crippen LogP contribution in [0.5, 0.6) is 0 Å². The molecule has 0 aromatic rings. The lowest BCUT2D eigenvalue weighted by molar-refractivity contribution is -0.141. The number of carbonyl (C=O) groups is 2. The van der Waals surface area contributed by atoms with E-state index in [0.717, 1.165) is 25.0 Å². The predicted molar refractivity (Wildman–Crippen MR) is 69.7 cm³/mol. The minimum atomic E-state index is -0.0186. The van der Waals surface area contributed by atoms with Crippen molar-refractivity contribution in [3.8, 4) is 0 Å². The number of imide groups is 1. The number of hydrogen-bond acceptors (Lipinski definition) is 3. The molecule has 4 heteroatoms. The Morgan fingerprint density at radius 3 is 2.24 bits per heavy atom. The van der Waals surface area contributed by atoms with Crippen LogP contribution in [0.25, 0.3) is 0 Å². The summed E-state index contributed by atoms with van der Waals surface area (Å²) in [6, 6.07) is 0. The van der Waals surface area contributed by atoms with Gasteiger partial charge >= 0.3 is 0 Å². The maximum Gasteiger partial charge on any atom is 0.233 e. The van der Waals surface area contributed by atoms with Crippen LogP contribution < -0.4 is 0 Å². The Kier molecular flexibility index (Phi) is 3.81. The first-order valence-corrected chi connectivity index (χ1v) is 7.17. The van der Waals surface area contributed by atoms with Gasteiger partial charge in [-0.3, -0.25) is 14.5 Å². The van der Waals surface area contributed by atoms with Gasteiger partial charge < -0.3 is 0 Å². The highest BCUT2D eigenvalue weighted by Crippen LogP contribution is 2.43. The van der Waals surface area contributed by atoms with Crippen LogP contribution in [-0.2, 0) is 9.59 Å². The van der Waals surface area contributed by atoms with Crippen LogP contribution in [0.2, 0.25) is 0 Å². The van der Waals surface area contributed by atoms with Crippen LogP contribution in [-0.4, -0.2) is 29.0 Å². The number of thiol groups is 1. The average Bonchev–Trinajstić information content (AvgIpc) is 2.79. The molecule has 0 aromatic heterocycles. The molecule has 1 aliphatic carbocycles. The second-order valence-corrected chi connectivity index (χ2v) is 5.90. The first-order chi connectivity index (χ1) is 8.08. The van der Waals surface area contributed by atoms with Gasteiger partial charge in [-0.05, 0) is 30.4 Å². The monoisotopic (exact) mass is 255 g/mol. The fourth-order valence-electron chi connectivity index (χ4n) is 3.10. The standard InChI is InChI=1S/C13H21NO2S/c1-3-9(7-17)6-14-12(15)10-4-8(2)5-11(10)13(14)16/h8-11,17H,3-7H2,1-2H3. The van der Waals surface area contributed by atoms with E-state index in [0.29, 0.717) is 18.4 Å². The Bertz CT molecular complexity index is 303. The number of likely N-dealkylation sites (tertiary alicyclic amines) is 1. The topological polar surface area (TPSA) is 37.4 Å². The van der Waals surface area contributed by atoms with Crippen LogP contribution in [0.3, 0.4) is 0 Å². The Morgan fingerprint density at radius 2 is 1.82 bits per heavy atom. The van der Waals surface area contributed by atoms with Crippen molar-refractivity contribution < 1.29 is 9.59 Å². The fourth-order valence-corrected chi connectivity index (χ4v) is 3.47. The molecule has 2 rings (SSSR count). The second-order valence-electron chi connectivity index (χ2n) is 5.53. The van der Waals surface area contributed by atoms with Crippen LogP contribution in [0.4, 0.5) is 0 Å². The summed E-state index contributed by atoms with van der Waals surface area (Å²) in [6.07, 6.45) is 2.75. The van der Waals surface area contributed by atoms with E-state index in [-0.39, 0.29) is 23.7 Å². The van der Waals surface area contributed by atoms with Gasteiger partial charge in [0.05, 0.1) is 11.8 Å². The lowest BCUT2D eigenvalue weighted by Crippen LogP contribution is -2.36. The van der Waals surface area contributed by atoms with E-state index in [1.807, 2.05) is 0 Å². The van der Waals surface area contributed by atoms with Gasteiger partial charge in [-0.25, -0.2) is 0 Å². The van der Waals surface area contributed by atoms with Gasteiger partial charge in [0.15, 0.2) is 0 Å². The van der Waals surface area contributed by atoms with Gasteiger partial charge in [0.2, 0.25) is 11.8 Å². The first-order valence-electron chi connectivity index (χ1n) is 6.54. The zero-order chi connectivity index (χ0) is 12.6. The zero-order valence-electron chi connectivity index (χ0n) is 10.6. The van der Waals surface area contributed by atoms with E-state index in [4.69, 9.17) is 0 Å². The molecule has 0 radical (unpaired) electrons. The maximum absolute atomic E-state index is 12.2. The molecular weight excluding hydrogens is 234 g/mol. The van der Waals surface area contributed by atoms with Gasteiger partial charge in [-0.2, -0.15) is 12.6 Å². The normalized spacial score (nSPS) is 34.3. The lowest BCUT2D eigenvalue weighted by Gasteiger charge is -2.21. The summed E-state index contributed by atoms with van der Waals surface area (Å²) in [5, 5.41) is 0. The molecule has 2 aliphatic rings. The molecule has 3 nitrogen and oxygen atoms in total. The molecule has 96 valence electrons. The maximum atomic E-state index is 12.2. The molecule has 0 N–H and O–H groups in total. The Hall–Kier alpha value is -0.510. The zero-order valence-corrected chi connectivity index (χ0v) is 11.5. The fraction of sp³-hybridized carbons (Fsp3) is 0.846. The summed E-state index contributed by atoms with van der Waals surface area (Å²) in [4.78, 5) is 25.9. The Balaban J connectivity index is 2.07. The van der Waals surface area contributed by atoms with Crippen LogP contribution in [0.1, 0.15) is 33.1 Å². The van der Waals surface area contributed by atoms with Gasteiger partial charge in [0, 0.05) is 6.54 Å². The minimum absolute atomic E-state index is 0.0186. The summed E-state index contributed by atoms with van der Waals surface area (Å²) >= 11 is 4.27. The number of amides is 2. The van der Waals surface area contributed by atoms with Crippen LogP contribution in [0, 0.1) is 23.7 Å². The second kappa shape index (κ2) is 5.01. The highest BCUT2D eigenvalue weighted by molar-refractivity contribution is 7.80. The predicted octanol–water partition coefficient (Wildman–Crippen LogP) is 1.97. The third-order valence-corrected chi connectivity index (χ3v) is 4.76. The quantitative estimate of drug-likeness (QED) is 0.616. The number of rotatable bonds is 4. The number of hydrogen-bond donors (Lipinski definition) is 1. The molecule has 1 saturated carbocycles. The van der Waals surface area contributed by atoms with Gasteiger partial charge in [0.25, 0.3) is 0 Å². The van der Waals surface area contributed by atoms with E-state index in [1.165, 1.54) is 4.90 Å². The number of nitrogens with zero attached hydrogens (tertiary/aromatic N) is 1. The summed E-state index contributed by atoms with van der Waals surface area (Å²) in [7, 11) is 0. The van der Waals surface area contributed by atoms with Crippen molar-refractivity contribution in [2.45, 2.75) is 33.1 Å². The van der Waals surface area contributed by atoms with E-state index < -0.39 is 0 Å². The van der Waals surface area contributed by atoms with Crippen LogP contribution in [0.15, 0.2) is 0 Å². The molecule has 0 bridgehead atoms. The molecule has 0 spiro atoms. The minimum Gasteiger partial charge on any atom is -0.282 e. The van der Waals surface area contributed by atoms with Crippen molar-refractivity contribution in [2.75, 3.05) is 12.3 Å². The van der Waals surface area contributed by atoms with E-state index in [2.05, 4.69) is 26.5 Å². The van der Waals surface area contributed by atoms with Gasteiger partial charge in [0.1, 0.15) is 0 Å². The van der Waals surface area contributed by atoms with Crippen molar-refractivity contribution >= 4 is 24.4 Å². The molecule has 1 saturated heterocycles. The van der Waals surface area contributed by atoms with Crippen molar-refractivity contribution in [2.24, 2.45) is 23.7 Å². The molecule has 17 heavy (non-hydrogen) atoms. The molecule has 1 aliphatic heterocycles. The molecule has 2 fully saturated rings. The Morgan fingerprint density at radius 1 is 1.29 bits per heavy atom. The molecule has 3 unspecified atom stereocenters. The third kappa shape index (κ3) is 2.24. The Labute approximate surface area is 108 Å². The van der Waals surface area contributed by atoms with Gasteiger partial charge in [-0.1, -0.05) is 20.3 Å². The third-order valence-electron chi connectivity index (χ3n) is 4.24. The highest BCUT2D eigenvalue weighted by Gasteiger charge is 2.51. The SMILES string of the molecule is CCC(CS)CN1C(=O)C2CC(C)CC2C1=O. The molecule has 3 atom stereocenters.